The summed E-state index contributed by atoms with van der Waals surface area (Å²) in [6, 6.07) is 20.0. The number of anilines is 2. The number of ether oxygens (including phenoxy) is 1. The van der Waals surface area contributed by atoms with Crippen LogP contribution in [0.3, 0.4) is 0 Å². The second kappa shape index (κ2) is 9.00. The van der Waals surface area contributed by atoms with Gasteiger partial charge in [-0.15, -0.1) is 0 Å². The Labute approximate surface area is 214 Å². The van der Waals surface area contributed by atoms with Gasteiger partial charge >= 0.3 is 5.97 Å². The first-order valence-corrected chi connectivity index (χ1v) is 12.5. The van der Waals surface area contributed by atoms with E-state index in [1.54, 1.807) is 29.2 Å². The number of rotatable bonds is 4. The fourth-order valence-electron chi connectivity index (χ4n) is 5.70. The molecular weight excluding hydrogens is 468 g/mol. The molecule has 0 radical (unpaired) electrons. The number of nitrogens with zero attached hydrogens (tertiary/aromatic N) is 2. The summed E-state index contributed by atoms with van der Waals surface area (Å²) in [6.45, 7) is 2.23. The third-order valence-corrected chi connectivity index (χ3v) is 7.65. The van der Waals surface area contributed by atoms with Gasteiger partial charge in [-0.1, -0.05) is 48.0 Å². The number of fused-ring (bicyclic) bond motifs is 2. The van der Waals surface area contributed by atoms with E-state index in [0.29, 0.717) is 24.3 Å². The van der Waals surface area contributed by atoms with Crippen LogP contribution in [0.15, 0.2) is 78.4 Å². The molecule has 2 aliphatic heterocycles. The number of carbonyl (C=O) groups excluding carboxylic acids is 4. The summed E-state index contributed by atoms with van der Waals surface area (Å²) >= 11 is 0. The van der Waals surface area contributed by atoms with E-state index in [9.17, 15) is 19.2 Å². The quantitative estimate of drug-likeness (QED) is 0.228. The first-order valence-electron chi connectivity index (χ1n) is 12.5. The third kappa shape index (κ3) is 4.00. The predicted molar refractivity (Wildman–Crippen MR) is 139 cm³/mol. The van der Waals surface area contributed by atoms with Gasteiger partial charge in [0.15, 0.2) is 0 Å². The minimum Gasteiger partial charge on any atom is -0.426 e. The van der Waals surface area contributed by atoms with Crippen LogP contribution in [-0.2, 0) is 19.2 Å². The van der Waals surface area contributed by atoms with Gasteiger partial charge in [-0.05, 0) is 55.5 Å². The third-order valence-electron chi connectivity index (χ3n) is 7.65. The summed E-state index contributed by atoms with van der Waals surface area (Å²) in [5, 5.41) is 1.99. The molecule has 0 saturated carbocycles. The SMILES string of the molecule is CC1=CC[C@@H]2C(=O)N(c3ccc(OC(=O)[C@H]4CC(=O)N(c5cccc6ccccc56)C4)cc3)C(=O)[C@@H]2C1. The average molecular weight is 495 g/mol. The van der Waals surface area contributed by atoms with Gasteiger partial charge in [0.2, 0.25) is 17.7 Å². The molecule has 3 amide bonds. The summed E-state index contributed by atoms with van der Waals surface area (Å²) < 4.78 is 5.58. The molecule has 0 unspecified atom stereocenters. The summed E-state index contributed by atoms with van der Waals surface area (Å²) in [6.07, 6.45) is 3.31. The number of esters is 1. The van der Waals surface area contributed by atoms with Gasteiger partial charge in [0.05, 0.1) is 29.1 Å². The Bertz CT molecular complexity index is 1470. The Balaban J connectivity index is 1.14. The molecule has 2 fully saturated rings. The van der Waals surface area contributed by atoms with E-state index in [4.69, 9.17) is 4.74 Å². The molecule has 3 aromatic rings. The van der Waals surface area contributed by atoms with Gasteiger partial charge in [0.1, 0.15) is 5.75 Å². The van der Waals surface area contributed by atoms with Gasteiger partial charge in [0, 0.05) is 18.4 Å². The molecule has 2 saturated heterocycles. The molecule has 1 aliphatic carbocycles. The van der Waals surface area contributed by atoms with Crippen molar-refractivity contribution in [2.75, 3.05) is 16.3 Å². The highest BCUT2D eigenvalue weighted by molar-refractivity contribution is 6.22. The predicted octanol–water partition coefficient (Wildman–Crippen LogP) is 4.64. The molecule has 0 N–H and O–H groups in total. The topological polar surface area (TPSA) is 84.0 Å². The van der Waals surface area contributed by atoms with Crippen LogP contribution in [0.4, 0.5) is 11.4 Å². The van der Waals surface area contributed by atoms with Crippen molar-refractivity contribution in [1.29, 1.82) is 0 Å². The number of allylic oxidation sites excluding steroid dienone is 2. The lowest BCUT2D eigenvalue weighted by molar-refractivity contribution is -0.139. The number of hydrogen-bond donors (Lipinski definition) is 0. The lowest BCUT2D eigenvalue weighted by Gasteiger charge is -2.19. The van der Waals surface area contributed by atoms with Gasteiger partial charge < -0.3 is 9.64 Å². The molecule has 2 heterocycles. The van der Waals surface area contributed by atoms with Crippen molar-refractivity contribution in [3.8, 4) is 5.75 Å². The van der Waals surface area contributed by atoms with E-state index in [1.807, 2.05) is 55.5 Å². The molecule has 6 rings (SSSR count). The Morgan fingerprint density at radius 3 is 2.41 bits per heavy atom. The zero-order valence-corrected chi connectivity index (χ0v) is 20.4. The second-order valence-electron chi connectivity index (χ2n) is 10.0. The van der Waals surface area contributed by atoms with Crippen LogP contribution in [0.25, 0.3) is 10.8 Å². The molecule has 3 aliphatic rings. The van der Waals surface area contributed by atoms with Crippen LogP contribution in [0.1, 0.15) is 26.2 Å². The number of hydrogen-bond acceptors (Lipinski definition) is 5. The molecule has 0 aromatic heterocycles. The first-order chi connectivity index (χ1) is 17.9. The van der Waals surface area contributed by atoms with Gasteiger partial charge in [-0.25, -0.2) is 0 Å². The second-order valence-corrected chi connectivity index (χ2v) is 10.0. The van der Waals surface area contributed by atoms with Crippen LogP contribution in [-0.4, -0.2) is 30.2 Å². The number of benzene rings is 3. The number of carbonyl (C=O) groups is 4. The Kier molecular flexibility index (Phi) is 5.63. The van der Waals surface area contributed by atoms with Crippen molar-refractivity contribution in [2.45, 2.75) is 26.2 Å². The molecule has 3 atom stereocenters. The smallest absolute Gasteiger partial charge is 0.316 e. The number of imide groups is 1. The van der Waals surface area contributed by atoms with Crippen molar-refractivity contribution in [1.82, 2.24) is 0 Å². The van der Waals surface area contributed by atoms with Crippen LogP contribution < -0.4 is 14.5 Å². The highest BCUT2D eigenvalue weighted by atomic mass is 16.5. The molecule has 7 nitrogen and oxygen atoms in total. The first kappa shape index (κ1) is 23.2. The maximum Gasteiger partial charge on any atom is 0.316 e. The molecule has 37 heavy (non-hydrogen) atoms. The van der Waals surface area contributed by atoms with Gasteiger partial charge in [0.25, 0.3) is 0 Å². The molecular formula is C30H26N2O5. The molecule has 186 valence electrons. The Morgan fingerprint density at radius 1 is 0.865 bits per heavy atom. The van der Waals surface area contributed by atoms with Crippen LogP contribution >= 0.6 is 0 Å². The Hall–Kier alpha value is -4.26. The normalized spacial score (nSPS) is 23.4. The molecule has 7 heteroatoms. The average Bonchev–Trinajstić information content (AvgIpc) is 3.41. The number of amides is 3. The zero-order valence-electron chi connectivity index (χ0n) is 20.4. The monoisotopic (exact) mass is 494 g/mol. The maximum absolute atomic E-state index is 12.9. The van der Waals surface area contributed by atoms with Gasteiger partial charge in [-0.3, -0.25) is 24.1 Å². The standard InChI is InChI=1S/C30H26N2O5/c1-18-9-14-24-25(15-18)29(35)32(28(24)34)21-10-12-22(13-11-21)37-30(36)20-16-27(33)31(17-20)26-8-4-6-19-5-2-3-7-23(19)26/h2-13,20,24-25H,14-17H2,1H3/t20-,24-,25+/m0/s1. The largest absolute Gasteiger partial charge is 0.426 e. The fourth-order valence-corrected chi connectivity index (χ4v) is 5.70. The fraction of sp³-hybridized carbons (Fsp3) is 0.267. The minimum atomic E-state index is -0.591. The van der Waals surface area contributed by atoms with E-state index < -0.39 is 11.9 Å². The van der Waals surface area contributed by atoms with Crippen LogP contribution in [0.5, 0.6) is 5.75 Å². The van der Waals surface area contributed by atoms with Crippen molar-refractivity contribution in [2.24, 2.45) is 17.8 Å². The summed E-state index contributed by atoms with van der Waals surface area (Å²) in [5.74, 6) is -1.86. The summed E-state index contributed by atoms with van der Waals surface area (Å²) in [4.78, 5) is 54.5. The van der Waals surface area contributed by atoms with Crippen molar-refractivity contribution in [3.63, 3.8) is 0 Å². The highest BCUT2D eigenvalue weighted by Crippen LogP contribution is 2.40. The molecule has 0 spiro atoms. The van der Waals surface area contributed by atoms with E-state index >= 15 is 0 Å². The van der Waals surface area contributed by atoms with Gasteiger partial charge in [-0.2, -0.15) is 0 Å². The van der Waals surface area contributed by atoms with E-state index in [0.717, 1.165) is 22.0 Å². The van der Waals surface area contributed by atoms with E-state index in [2.05, 4.69) is 0 Å². The van der Waals surface area contributed by atoms with Crippen LogP contribution in [0, 0.1) is 17.8 Å². The van der Waals surface area contributed by atoms with E-state index in [-0.39, 0.29) is 42.5 Å². The lowest BCUT2D eigenvalue weighted by Crippen LogP contribution is -2.30. The lowest BCUT2D eigenvalue weighted by atomic mass is 9.82. The van der Waals surface area contributed by atoms with Crippen molar-refractivity contribution >= 4 is 45.8 Å². The summed E-state index contributed by atoms with van der Waals surface area (Å²) in [5.41, 5.74) is 2.39. The Morgan fingerprint density at radius 2 is 1.59 bits per heavy atom. The zero-order chi connectivity index (χ0) is 25.7. The summed E-state index contributed by atoms with van der Waals surface area (Å²) in [7, 11) is 0. The van der Waals surface area contributed by atoms with Crippen molar-refractivity contribution in [3.05, 3.63) is 78.4 Å². The minimum absolute atomic E-state index is 0.0765. The van der Waals surface area contributed by atoms with Crippen LogP contribution in [0.2, 0.25) is 0 Å². The molecule has 3 aromatic carbocycles. The van der Waals surface area contributed by atoms with E-state index in [1.165, 1.54) is 4.90 Å². The van der Waals surface area contributed by atoms with Crippen molar-refractivity contribution < 1.29 is 23.9 Å². The molecule has 0 bridgehead atoms. The maximum atomic E-state index is 12.9. The highest BCUT2D eigenvalue weighted by Gasteiger charge is 2.48.